The number of hydrogen-bond acceptors (Lipinski definition) is 4. The van der Waals surface area contributed by atoms with Gasteiger partial charge in [0, 0.05) is 5.56 Å². The number of ketones is 1. The van der Waals surface area contributed by atoms with Crippen molar-refractivity contribution >= 4 is 17.1 Å². The highest BCUT2D eigenvalue weighted by Gasteiger charge is 2.21. The van der Waals surface area contributed by atoms with E-state index in [1.54, 1.807) is 0 Å². The Hall–Kier alpha value is -1.49. The van der Waals surface area contributed by atoms with Gasteiger partial charge in [-0.05, 0) is 24.1 Å². The summed E-state index contributed by atoms with van der Waals surface area (Å²) in [6.45, 7) is 3.33. The van der Waals surface area contributed by atoms with Crippen molar-refractivity contribution in [1.82, 2.24) is 0 Å². The van der Waals surface area contributed by atoms with E-state index >= 15 is 0 Å². The number of rotatable bonds is 4. The first-order valence-electron chi connectivity index (χ1n) is 6.74. The van der Waals surface area contributed by atoms with Gasteiger partial charge < -0.3 is 9.47 Å². The zero-order valence-electron chi connectivity index (χ0n) is 11.3. The van der Waals surface area contributed by atoms with E-state index in [0.717, 1.165) is 21.7 Å². The van der Waals surface area contributed by atoms with Gasteiger partial charge in [0.2, 0.25) is 5.78 Å². The second-order valence-corrected chi connectivity index (χ2v) is 5.77. The molecule has 0 atom stereocenters. The van der Waals surface area contributed by atoms with Crippen LogP contribution in [0.25, 0.3) is 0 Å². The number of benzene rings is 1. The number of aryl methyl sites for hydroxylation is 1. The van der Waals surface area contributed by atoms with Crippen LogP contribution in [-0.4, -0.2) is 19.0 Å². The fourth-order valence-electron chi connectivity index (χ4n) is 2.16. The topological polar surface area (TPSA) is 35.5 Å². The van der Waals surface area contributed by atoms with Crippen LogP contribution in [-0.2, 0) is 15.9 Å². The molecule has 2 heterocycles. The summed E-state index contributed by atoms with van der Waals surface area (Å²) in [5, 5.41) is 0. The van der Waals surface area contributed by atoms with E-state index in [2.05, 4.69) is 6.92 Å². The van der Waals surface area contributed by atoms with Gasteiger partial charge in [0.1, 0.15) is 0 Å². The van der Waals surface area contributed by atoms with E-state index in [4.69, 9.17) is 9.47 Å². The van der Waals surface area contributed by atoms with Gasteiger partial charge in [-0.3, -0.25) is 4.79 Å². The Morgan fingerprint density at radius 2 is 1.85 bits per heavy atom. The largest absolute Gasteiger partial charge is 0.345 e. The van der Waals surface area contributed by atoms with E-state index in [0.29, 0.717) is 13.2 Å². The average molecular weight is 288 g/mol. The molecule has 0 aliphatic carbocycles. The molecule has 0 bridgehead atoms. The molecule has 20 heavy (non-hydrogen) atoms. The van der Waals surface area contributed by atoms with E-state index in [1.165, 1.54) is 16.9 Å². The predicted molar refractivity (Wildman–Crippen MR) is 78.2 cm³/mol. The van der Waals surface area contributed by atoms with Crippen molar-refractivity contribution in [3.63, 3.8) is 0 Å². The van der Waals surface area contributed by atoms with Crippen LogP contribution in [0.1, 0.15) is 38.9 Å². The maximum Gasteiger partial charge on any atom is 0.202 e. The summed E-state index contributed by atoms with van der Waals surface area (Å²) in [6.07, 6.45) is 0.678. The Labute approximate surface area is 122 Å². The van der Waals surface area contributed by atoms with Crippen LogP contribution in [0.5, 0.6) is 0 Å². The van der Waals surface area contributed by atoms with Gasteiger partial charge in [0.25, 0.3) is 0 Å². The van der Waals surface area contributed by atoms with Gasteiger partial charge in [-0.1, -0.05) is 31.2 Å². The van der Waals surface area contributed by atoms with E-state index in [9.17, 15) is 4.79 Å². The molecule has 4 heteroatoms. The van der Waals surface area contributed by atoms with Crippen molar-refractivity contribution < 1.29 is 14.3 Å². The van der Waals surface area contributed by atoms with Crippen LogP contribution >= 0.6 is 11.3 Å². The first-order valence-corrected chi connectivity index (χ1v) is 7.56. The van der Waals surface area contributed by atoms with E-state index in [1.807, 2.05) is 36.4 Å². The fourth-order valence-corrected chi connectivity index (χ4v) is 3.13. The Morgan fingerprint density at radius 3 is 2.50 bits per heavy atom. The minimum atomic E-state index is -0.302. The minimum absolute atomic E-state index is 0.0573. The molecule has 104 valence electrons. The highest BCUT2D eigenvalue weighted by Crippen LogP contribution is 2.30. The number of carbonyl (C=O) groups excluding carboxylic acids is 1. The van der Waals surface area contributed by atoms with E-state index < -0.39 is 0 Å². The maximum absolute atomic E-state index is 12.4. The summed E-state index contributed by atoms with van der Waals surface area (Å²) in [5.74, 6) is 0.0573. The lowest BCUT2D eigenvalue weighted by atomic mass is 10.1. The monoisotopic (exact) mass is 288 g/mol. The third-order valence-corrected chi connectivity index (χ3v) is 4.43. The molecule has 1 fully saturated rings. The molecule has 0 unspecified atom stereocenters. The molecule has 1 aromatic carbocycles. The standard InChI is InChI=1S/C16H16O3S/c1-2-11-3-5-12(6-4-11)15(17)13-7-8-14(20-13)16-18-9-10-19-16/h3-8,16H,2,9-10H2,1H3. The van der Waals surface area contributed by atoms with Gasteiger partial charge in [0.05, 0.1) is 23.0 Å². The van der Waals surface area contributed by atoms with Crippen molar-refractivity contribution in [2.75, 3.05) is 13.2 Å². The summed E-state index contributed by atoms with van der Waals surface area (Å²) < 4.78 is 10.9. The summed E-state index contributed by atoms with van der Waals surface area (Å²) in [5.41, 5.74) is 1.96. The van der Waals surface area contributed by atoms with Crippen LogP contribution in [0, 0.1) is 0 Å². The number of ether oxygens (including phenoxy) is 2. The lowest BCUT2D eigenvalue weighted by molar-refractivity contribution is -0.0413. The molecular formula is C16H16O3S. The Kier molecular flexibility index (Phi) is 3.96. The molecule has 0 spiro atoms. The van der Waals surface area contributed by atoms with Gasteiger partial charge >= 0.3 is 0 Å². The molecule has 0 saturated carbocycles. The van der Waals surface area contributed by atoms with Crippen LogP contribution in [0.3, 0.4) is 0 Å². The summed E-state index contributed by atoms with van der Waals surface area (Å²) in [4.78, 5) is 14.1. The van der Waals surface area contributed by atoms with Crippen LogP contribution in [0.2, 0.25) is 0 Å². The van der Waals surface area contributed by atoms with Crippen molar-refractivity contribution in [2.45, 2.75) is 19.6 Å². The van der Waals surface area contributed by atoms with Crippen molar-refractivity contribution in [1.29, 1.82) is 0 Å². The molecular weight excluding hydrogens is 272 g/mol. The summed E-state index contributed by atoms with van der Waals surface area (Å²) in [6, 6.07) is 11.6. The number of hydrogen-bond donors (Lipinski definition) is 0. The molecule has 3 rings (SSSR count). The molecule has 2 aromatic rings. The third-order valence-electron chi connectivity index (χ3n) is 3.33. The highest BCUT2D eigenvalue weighted by molar-refractivity contribution is 7.14. The second-order valence-electron chi connectivity index (χ2n) is 4.66. The minimum Gasteiger partial charge on any atom is -0.345 e. The molecule has 0 radical (unpaired) electrons. The first-order chi connectivity index (χ1) is 9.78. The SMILES string of the molecule is CCc1ccc(C(=O)c2ccc(C3OCCO3)s2)cc1. The molecule has 1 aromatic heterocycles. The van der Waals surface area contributed by atoms with Crippen molar-refractivity contribution in [3.05, 3.63) is 57.3 Å². The average Bonchev–Trinajstić information content (AvgIpc) is 3.17. The van der Waals surface area contributed by atoms with Crippen LogP contribution in [0.4, 0.5) is 0 Å². The molecule has 1 aliphatic rings. The predicted octanol–water partition coefficient (Wildman–Crippen LogP) is 3.59. The number of carbonyl (C=O) groups is 1. The Morgan fingerprint density at radius 1 is 1.15 bits per heavy atom. The van der Waals surface area contributed by atoms with Gasteiger partial charge in [-0.15, -0.1) is 11.3 Å². The summed E-state index contributed by atoms with van der Waals surface area (Å²) in [7, 11) is 0. The lowest BCUT2D eigenvalue weighted by Gasteiger charge is -2.04. The molecule has 0 N–H and O–H groups in total. The normalized spacial score (nSPS) is 15.7. The van der Waals surface area contributed by atoms with E-state index in [-0.39, 0.29) is 12.1 Å². The molecule has 3 nitrogen and oxygen atoms in total. The van der Waals surface area contributed by atoms with Gasteiger partial charge in [-0.25, -0.2) is 0 Å². The Balaban J connectivity index is 1.79. The van der Waals surface area contributed by atoms with Crippen LogP contribution < -0.4 is 0 Å². The highest BCUT2D eigenvalue weighted by atomic mass is 32.1. The molecule has 1 saturated heterocycles. The first kappa shape index (κ1) is 13.5. The zero-order valence-corrected chi connectivity index (χ0v) is 12.1. The lowest BCUT2D eigenvalue weighted by Crippen LogP contribution is -1.98. The summed E-state index contributed by atoms with van der Waals surface area (Å²) >= 11 is 1.44. The fraction of sp³-hybridized carbons (Fsp3) is 0.312. The maximum atomic E-state index is 12.4. The second kappa shape index (κ2) is 5.87. The zero-order chi connectivity index (χ0) is 13.9. The van der Waals surface area contributed by atoms with Gasteiger partial charge in [-0.2, -0.15) is 0 Å². The molecule has 1 aliphatic heterocycles. The van der Waals surface area contributed by atoms with Crippen molar-refractivity contribution in [2.24, 2.45) is 0 Å². The van der Waals surface area contributed by atoms with Crippen molar-refractivity contribution in [3.8, 4) is 0 Å². The number of thiophene rings is 1. The third kappa shape index (κ3) is 2.68. The molecule has 0 amide bonds. The van der Waals surface area contributed by atoms with Gasteiger partial charge in [0.15, 0.2) is 6.29 Å². The van der Waals surface area contributed by atoms with Crippen LogP contribution in [0.15, 0.2) is 36.4 Å². The quantitative estimate of drug-likeness (QED) is 0.807. The smallest absolute Gasteiger partial charge is 0.202 e. The Bertz CT molecular complexity index is 594.